The molecule has 1 nitrogen and oxygen atoms in total. The van der Waals surface area contributed by atoms with Gasteiger partial charge >= 0.3 is 0 Å². The van der Waals surface area contributed by atoms with Gasteiger partial charge in [0.2, 0.25) is 0 Å². The van der Waals surface area contributed by atoms with Crippen LogP contribution < -0.4 is 0 Å². The second kappa shape index (κ2) is 4.77. The van der Waals surface area contributed by atoms with E-state index in [1.54, 1.807) is 0 Å². The van der Waals surface area contributed by atoms with Gasteiger partial charge in [-0.05, 0) is 36.5 Å². The van der Waals surface area contributed by atoms with Crippen molar-refractivity contribution < 1.29 is 0 Å². The number of fused-ring (bicyclic) bond motifs is 1. The van der Waals surface area contributed by atoms with Crippen molar-refractivity contribution in [2.75, 3.05) is 0 Å². The first-order valence-electron chi connectivity index (χ1n) is 6.49. The van der Waals surface area contributed by atoms with Crippen LogP contribution >= 0.6 is 0 Å². The number of nitrogens with zero attached hydrogens (tertiary/aromatic N) is 1. The predicted molar refractivity (Wildman–Crippen MR) is 76.3 cm³/mol. The third-order valence-corrected chi connectivity index (χ3v) is 3.60. The first-order valence-corrected chi connectivity index (χ1v) is 6.49. The molecule has 0 amide bonds. The second-order valence-electron chi connectivity index (χ2n) is 4.91. The van der Waals surface area contributed by atoms with Gasteiger partial charge in [-0.1, -0.05) is 54.6 Å². The van der Waals surface area contributed by atoms with E-state index in [4.69, 9.17) is 4.99 Å². The molecule has 2 aromatic rings. The van der Waals surface area contributed by atoms with Crippen LogP contribution in [0.25, 0.3) is 0 Å². The van der Waals surface area contributed by atoms with Crippen LogP contribution in [0.15, 0.2) is 59.6 Å². The fourth-order valence-electron chi connectivity index (χ4n) is 2.65. The number of hydrogen-bond donors (Lipinski definition) is 0. The Morgan fingerprint density at radius 1 is 0.889 bits per heavy atom. The SMILES string of the molecule is CC(=NC1Cc2ccccc2C1)c1ccccc1. The van der Waals surface area contributed by atoms with Gasteiger partial charge in [0.05, 0.1) is 6.04 Å². The Labute approximate surface area is 108 Å². The molecule has 0 N–H and O–H groups in total. The van der Waals surface area contributed by atoms with Crippen LogP contribution in [0, 0.1) is 0 Å². The third kappa shape index (κ3) is 2.21. The maximum Gasteiger partial charge on any atom is 0.0583 e. The third-order valence-electron chi connectivity index (χ3n) is 3.60. The molecule has 0 aliphatic heterocycles. The maximum absolute atomic E-state index is 4.88. The van der Waals surface area contributed by atoms with Crippen molar-refractivity contribution >= 4 is 5.71 Å². The van der Waals surface area contributed by atoms with Gasteiger partial charge in [-0.15, -0.1) is 0 Å². The Bertz CT molecular complexity index is 544. The van der Waals surface area contributed by atoms with E-state index in [2.05, 4.69) is 55.5 Å². The summed E-state index contributed by atoms with van der Waals surface area (Å²) >= 11 is 0. The molecule has 2 aromatic carbocycles. The summed E-state index contributed by atoms with van der Waals surface area (Å²) in [4.78, 5) is 4.88. The van der Waals surface area contributed by atoms with E-state index in [1.807, 2.05) is 6.07 Å². The lowest BCUT2D eigenvalue weighted by molar-refractivity contribution is 0.723. The number of rotatable bonds is 2. The summed E-state index contributed by atoms with van der Waals surface area (Å²) in [6, 6.07) is 19.5. The van der Waals surface area contributed by atoms with E-state index in [0.717, 1.165) is 18.6 Å². The van der Waals surface area contributed by atoms with Crippen molar-refractivity contribution in [2.24, 2.45) is 4.99 Å². The van der Waals surface area contributed by atoms with Gasteiger partial charge in [0.1, 0.15) is 0 Å². The van der Waals surface area contributed by atoms with Gasteiger partial charge in [0.15, 0.2) is 0 Å². The monoisotopic (exact) mass is 235 g/mol. The number of benzene rings is 2. The highest BCUT2D eigenvalue weighted by Gasteiger charge is 2.20. The summed E-state index contributed by atoms with van der Waals surface area (Å²) in [7, 11) is 0. The van der Waals surface area contributed by atoms with E-state index in [0.29, 0.717) is 6.04 Å². The summed E-state index contributed by atoms with van der Waals surface area (Å²) in [6.07, 6.45) is 2.17. The molecule has 18 heavy (non-hydrogen) atoms. The molecule has 0 radical (unpaired) electrons. The Balaban J connectivity index is 1.80. The van der Waals surface area contributed by atoms with Crippen LogP contribution in [-0.2, 0) is 12.8 Å². The molecule has 0 atom stereocenters. The van der Waals surface area contributed by atoms with Crippen LogP contribution in [-0.4, -0.2) is 11.8 Å². The van der Waals surface area contributed by atoms with Crippen molar-refractivity contribution in [1.82, 2.24) is 0 Å². The van der Waals surface area contributed by atoms with E-state index >= 15 is 0 Å². The predicted octanol–water partition coefficient (Wildman–Crippen LogP) is 3.66. The van der Waals surface area contributed by atoms with Crippen molar-refractivity contribution in [3.63, 3.8) is 0 Å². The Morgan fingerprint density at radius 2 is 1.44 bits per heavy atom. The highest BCUT2D eigenvalue weighted by Crippen LogP contribution is 2.24. The summed E-state index contributed by atoms with van der Waals surface area (Å²) < 4.78 is 0. The van der Waals surface area contributed by atoms with Crippen molar-refractivity contribution in [1.29, 1.82) is 0 Å². The molecule has 3 rings (SSSR count). The summed E-state index contributed by atoms with van der Waals surface area (Å²) in [5.41, 5.74) is 5.31. The highest BCUT2D eigenvalue weighted by molar-refractivity contribution is 5.98. The zero-order valence-corrected chi connectivity index (χ0v) is 10.6. The van der Waals surface area contributed by atoms with Crippen LogP contribution in [0.1, 0.15) is 23.6 Å². The van der Waals surface area contributed by atoms with E-state index in [-0.39, 0.29) is 0 Å². The Kier molecular flexibility index (Phi) is 2.97. The normalized spacial score (nSPS) is 15.7. The molecular weight excluding hydrogens is 218 g/mol. The summed E-state index contributed by atoms with van der Waals surface area (Å²) in [6.45, 7) is 2.11. The molecule has 0 fully saturated rings. The van der Waals surface area contributed by atoms with Gasteiger partial charge in [0, 0.05) is 5.71 Å². The van der Waals surface area contributed by atoms with Crippen molar-refractivity contribution in [3.05, 3.63) is 71.3 Å². The minimum Gasteiger partial charge on any atom is -0.285 e. The fraction of sp³-hybridized carbons (Fsp3) is 0.235. The van der Waals surface area contributed by atoms with Gasteiger partial charge in [-0.3, -0.25) is 4.99 Å². The van der Waals surface area contributed by atoms with Gasteiger partial charge in [0.25, 0.3) is 0 Å². The maximum atomic E-state index is 4.88. The first-order chi connectivity index (χ1) is 8.83. The summed E-state index contributed by atoms with van der Waals surface area (Å²) in [5, 5.41) is 0. The molecule has 1 aliphatic rings. The Morgan fingerprint density at radius 3 is 2.06 bits per heavy atom. The quantitative estimate of drug-likeness (QED) is 0.704. The van der Waals surface area contributed by atoms with E-state index in [1.165, 1.54) is 16.7 Å². The molecule has 0 unspecified atom stereocenters. The molecule has 1 aliphatic carbocycles. The van der Waals surface area contributed by atoms with Crippen LogP contribution in [0.3, 0.4) is 0 Å². The molecule has 90 valence electrons. The van der Waals surface area contributed by atoms with Gasteiger partial charge in [-0.25, -0.2) is 0 Å². The number of aliphatic imine (C=N–C) groups is 1. The minimum absolute atomic E-state index is 0.419. The first kappa shape index (κ1) is 11.2. The second-order valence-corrected chi connectivity index (χ2v) is 4.91. The average molecular weight is 235 g/mol. The highest BCUT2D eigenvalue weighted by atomic mass is 14.8. The van der Waals surface area contributed by atoms with Gasteiger partial charge in [-0.2, -0.15) is 0 Å². The van der Waals surface area contributed by atoms with Crippen LogP contribution in [0.4, 0.5) is 0 Å². The molecular formula is C17H17N. The van der Waals surface area contributed by atoms with E-state index < -0.39 is 0 Å². The van der Waals surface area contributed by atoms with Crippen LogP contribution in [0.5, 0.6) is 0 Å². The zero-order valence-electron chi connectivity index (χ0n) is 10.6. The van der Waals surface area contributed by atoms with Crippen molar-refractivity contribution in [3.8, 4) is 0 Å². The number of hydrogen-bond acceptors (Lipinski definition) is 1. The smallest absolute Gasteiger partial charge is 0.0583 e. The molecule has 0 spiro atoms. The lowest BCUT2D eigenvalue weighted by Gasteiger charge is -2.06. The summed E-state index contributed by atoms with van der Waals surface area (Å²) in [5.74, 6) is 0. The fourth-order valence-corrected chi connectivity index (χ4v) is 2.65. The molecule has 0 heterocycles. The minimum atomic E-state index is 0.419. The molecule has 0 saturated carbocycles. The lowest BCUT2D eigenvalue weighted by atomic mass is 10.1. The van der Waals surface area contributed by atoms with E-state index in [9.17, 15) is 0 Å². The molecule has 0 aromatic heterocycles. The van der Waals surface area contributed by atoms with Crippen molar-refractivity contribution in [2.45, 2.75) is 25.8 Å². The lowest BCUT2D eigenvalue weighted by Crippen LogP contribution is -2.07. The molecule has 0 saturated heterocycles. The largest absolute Gasteiger partial charge is 0.285 e. The molecule has 0 bridgehead atoms. The standard InChI is InChI=1S/C17H17N/c1-13(14-7-3-2-4-8-14)18-17-11-15-9-5-6-10-16(15)12-17/h2-10,17H,11-12H2,1H3. The van der Waals surface area contributed by atoms with Crippen LogP contribution in [0.2, 0.25) is 0 Å². The zero-order chi connectivity index (χ0) is 12.4. The average Bonchev–Trinajstić information content (AvgIpc) is 2.82. The molecule has 1 heteroatoms. The Hall–Kier alpha value is -1.89. The van der Waals surface area contributed by atoms with Gasteiger partial charge < -0.3 is 0 Å². The topological polar surface area (TPSA) is 12.4 Å².